The molecule has 0 aromatic carbocycles. The molecule has 0 bridgehead atoms. The summed E-state index contributed by atoms with van der Waals surface area (Å²) >= 11 is 0. The van der Waals surface area contributed by atoms with E-state index < -0.39 is 0 Å². The van der Waals surface area contributed by atoms with E-state index >= 15 is 0 Å². The molecular weight excluding hydrogens is 202 g/mol. The first kappa shape index (κ1) is 10.3. The van der Waals surface area contributed by atoms with Crippen LogP contribution in [0.2, 0.25) is 0 Å². The van der Waals surface area contributed by atoms with E-state index in [0.29, 0.717) is 6.04 Å². The second-order valence-electron chi connectivity index (χ2n) is 4.85. The number of rotatable bonds is 1. The van der Waals surface area contributed by atoms with Crippen molar-refractivity contribution >= 4 is 0 Å². The van der Waals surface area contributed by atoms with E-state index in [2.05, 4.69) is 10.3 Å². The molecule has 1 saturated heterocycles. The first-order valence-electron chi connectivity index (χ1n) is 6.34. The Morgan fingerprint density at radius 1 is 1.31 bits per heavy atom. The van der Waals surface area contributed by atoms with Gasteiger partial charge in [0, 0.05) is 11.9 Å². The Kier molecular flexibility index (Phi) is 2.69. The van der Waals surface area contributed by atoms with Gasteiger partial charge in [-0.3, -0.25) is 0 Å². The zero-order valence-corrected chi connectivity index (χ0v) is 9.52. The number of aliphatic hydroxyl groups is 1. The van der Waals surface area contributed by atoms with Gasteiger partial charge in [-0.15, -0.1) is 0 Å². The first-order chi connectivity index (χ1) is 7.86. The largest absolute Gasteiger partial charge is 0.373 e. The van der Waals surface area contributed by atoms with Crippen LogP contribution in [0.1, 0.15) is 55.9 Å². The lowest BCUT2D eigenvalue weighted by Crippen LogP contribution is -2.31. The number of hydrogen-bond acceptors (Lipinski definition) is 3. The van der Waals surface area contributed by atoms with Crippen molar-refractivity contribution in [2.45, 2.75) is 50.8 Å². The summed E-state index contributed by atoms with van der Waals surface area (Å²) in [6.45, 7) is 1.07. The van der Waals surface area contributed by atoms with E-state index in [9.17, 15) is 5.11 Å². The molecule has 0 amide bonds. The van der Waals surface area contributed by atoms with Crippen LogP contribution in [0.5, 0.6) is 0 Å². The number of aromatic nitrogens is 2. The molecule has 2 aliphatic heterocycles. The van der Waals surface area contributed by atoms with Crippen LogP contribution in [0.3, 0.4) is 0 Å². The van der Waals surface area contributed by atoms with Crippen molar-refractivity contribution in [2.24, 2.45) is 0 Å². The highest BCUT2D eigenvalue weighted by atomic mass is 16.3. The van der Waals surface area contributed by atoms with E-state index in [4.69, 9.17) is 0 Å². The van der Waals surface area contributed by atoms with Gasteiger partial charge in [-0.2, -0.15) is 0 Å². The predicted molar refractivity (Wildman–Crippen MR) is 61.0 cm³/mol. The highest BCUT2D eigenvalue weighted by Crippen LogP contribution is 2.30. The molecule has 3 rings (SSSR count). The zero-order valence-electron chi connectivity index (χ0n) is 9.52. The molecule has 4 heteroatoms. The first-order valence-corrected chi connectivity index (χ1v) is 6.34. The van der Waals surface area contributed by atoms with Gasteiger partial charge >= 0.3 is 0 Å². The van der Waals surface area contributed by atoms with Crippen molar-refractivity contribution in [3.63, 3.8) is 0 Å². The van der Waals surface area contributed by atoms with Gasteiger partial charge in [-0.05, 0) is 38.6 Å². The van der Waals surface area contributed by atoms with Crippen molar-refractivity contribution in [1.29, 1.82) is 0 Å². The third kappa shape index (κ3) is 1.66. The van der Waals surface area contributed by atoms with Crippen LogP contribution >= 0.6 is 0 Å². The topological polar surface area (TPSA) is 50.1 Å². The number of piperidine rings is 1. The van der Waals surface area contributed by atoms with Gasteiger partial charge in [0.05, 0.1) is 6.04 Å². The van der Waals surface area contributed by atoms with Crippen LogP contribution in [0.25, 0.3) is 0 Å². The summed E-state index contributed by atoms with van der Waals surface area (Å²) in [7, 11) is 0. The van der Waals surface area contributed by atoms with Crippen molar-refractivity contribution < 1.29 is 5.11 Å². The number of aliphatic hydroxyl groups excluding tert-OH is 1. The summed E-state index contributed by atoms with van der Waals surface area (Å²) in [6.07, 6.45) is 8.23. The Morgan fingerprint density at radius 2 is 2.25 bits per heavy atom. The molecule has 1 aromatic heterocycles. The molecule has 2 N–H and O–H groups in total. The van der Waals surface area contributed by atoms with Gasteiger partial charge in [0.1, 0.15) is 12.1 Å². The fourth-order valence-corrected chi connectivity index (χ4v) is 2.87. The Bertz CT molecular complexity index is 368. The number of fused-ring (bicyclic) bond motifs is 1. The van der Waals surface area contributed by atoms with E-state index in [1.54, 1.807) is 0 Å². The minimum Gasteiger partial charge on any atom is -0.373 e. The third-order valence-electron chi connectivity index (χ3n) is 3.72. The molecule has 0 saturated carbocycles. The minimum absolute atomic E-state index is 0.343. The Hall–Kier alpha value is -0.870. The van der Waals surface area contributed by atoms with Crippen LogP contribution < -0.4 is 5.32 Å². The SMILES string of the molecule is OC1CCCc2cnc(C3CCCCN3)n21. The lowest BCUT2D eigenvalue weighted by Gasteiger charge is -2.28. The summed E-state index contributed by atoms with van der Waals surface area (Å²) in [5, 5.41) is 13.6. The fourth-order valence-electron chi connectivity index (χ4n) is 2.87. The molecule has 1 aromatic rings. The number of nitrogens with zero attached hydrogens (tertiary/aromatic N) is 2. The maximum Gasteiger partial charge on any atom is 0.132 e. The highest BCUT2D eigenvalue weighted by molar-refractivity contribution is 5.12. The number of imidazole rings is 1. The van der Waals surface area contributed by atoms with Crippen molar-refractivity contribution in [2.75, 3.05) is 6.54 Å². The van der Waals surface area contributed by atoms with Gasteiger partial charge in [0.2, 0.25) is 0 Å². The Labute approximate surface area is 95.7 Å². The van der Waals surface area contributed by atoms with Crippen molar-refractivity contribution in [3.8, 4) is 0 Å². The van der Waals surface area contributed by atoms with Gasteiger partial charge in [0.15, 0.2) is 0 Å². The van der Waals surface area contributed by atoms with E-state index in [-0.39, 0.29) is 6.23 Å². The van der Waals surface area contributed by atoms with Crippen LogP contribution in [-0.2, 0) is 6.42 Å². The quantitative estimate of drug-likeness (QED) is 0.756. The number of hydrogen-bond donors (Lipinski definition) is 2. The fraction of sp³-hybridized carbons (Fsp3) is 0.750. The summed E-state index contributed by atoms with van der Waals surface area (Å²) < 4.78 is 2.05. The zero-order chi connectivity index (χ0) is 11.0. The smallest absolute Gasteiger partial charge is 0.132 e. The summed E-state index contributed by atoms with van der Waals surface area (Å²) in [5.74, 6) is 1.04. The van der Waals surface area contributed by atoms with Crippen LogP contribution in [0, 0.1) is 0 Å². The number of nitrogens with one attached hydrogen (secondary N) is 1. The monoisotopic (exact) mass is 221 g/mol. The maximum atomic E-state index is 10.1. The van der Waals surface area contributed by atoms with E-state index in [1.165, 1.54) is 18.5 Å². The highest BCUT2D eigenvalue weighted by Gasteiger charge is 2.26. The molecule has 16 heavy (non-hydrogen) atoms. The number of aryl methyl sites for hydroxylation is 1. The maximum absolute atomic E-state index is 10.1. The Balaban J connectivity index is 1.91. The van der Waals surface area contributed by atoms with E-state index in [1.807, 2.05) is 10.8 Å². The van der Waals surface area contributed by atoms with Gasteiger partial charge in [0.25, 0.3) is 0 Å². The van der Waals surface area contributed by atoms with Crippen molar-refractivity contribution in [3.05, 3.63) is 17.7 Å². The molecule has 0 radical (unpaired) electrons. The average molecular weight is 221 g/mol. The third-order valence-corrected chi connectivity index (χ3v) is 3.72. The molecule has 3 heterocycles. The van der Waals surface area contributed by atoms with Crippen molar-refractivity contribution in [1.82, 2.24) is 14.9 Å². The minimum atomic E-state index is -0.357. The van der Waals surface area contributed by atoms with Crippen LogP contribution in [0.15, 0.2) is 6.20 Å². The summed E-state index contributed by atoms with van der Waals surface area (Å²) in [6, 6.07) is 0.343. The second kappa shape index (κ2) is 4.18. The standard InChI is InChI=1S/C12H19N3O/c16-11-6-3-4-9-8-14-12(15(9)11)10-5-1-2-7-13-10/h8,10-11,13,16H,1-7H2. The van der Waals surface area contributed by atoms with Crippen LogP contribution in [-0.4, -0.2) is 21.2 Å². The lowest BCUT2D eigenvalue weighted by molar-refractivity contribution is 0.0731. The molecule has 2 unspecified atom stereocenters. The second-order valence-corrected chi connectivity index (χ2v) is 4.85. The lowest BCUT2D eigenvalue weighted by atomic mass is 10.0. The van der Waals surface area contributed by atoms with Gasteiger partial charge < -0.3 is 15.0 Å². The molecule has 1 fully saturated rings. The molecule has 0 aliphatic carbocycles. The Morgan fingerprint density at radius 3 is 3.06 bits per heavy atom. The van der Waals surface area contributed by atoms with E-state index in [0.717, 1.165) is 38.1 Å². The van der Waals surface area contributed by atoms with Gasteiger partial charge in [-0.1, -0.05) is 6.42 Å². The molecule has 0 spiro atoms. The summed E-state index contributed by atoms with van der Waals surface area (Å²) in [5.41, 5.74) is 1.20. The molecule has 2 aliphatic rings. The van der Waals surface area contributed by atoms with Crippen LogP contribution in [0.4, 0.5) is 0 Å². The molecule has 2 atom stereocenters. The van der Waals surface area contributed by atoms with Gasteiger partial charge in [-0.25, -0.2) is 4.98 Å². The molecule has 4 nitrogen and oxygen atoms in total. The summed E-state index contributed by atoms with van der Waals surface area (Å²) in [4.78, 5) is 4.51. The normalized spacial score (nSPS) is 30.1. The average Bonchev–Trinajstić information content (AvgIpc) is 2.75. The molecule has 88 valence electrons. The molecular formula is C12H19N3O. The predicted octanol–water partition coefficient (Wildman–Crippen LogP) is 1.52.